The van der Waals surface area contributed by atoms with Gasteiger partial charge in [-0.25, -0.2) is 0 Å². The Morgan fingerprint density at radius 3 is 0.765 bits per heavy atom. The molecule has 0 rings (SSSR count). The van der Waals surface area contributed by atoms with Gasteiger partial charge in [0.1, 0.15) is 13.2 Å². The van der Waals surface area contributed by atoms with Gasteiger partial charge < -0.3 is 14.2 Å². The quantitative estimate of drug-likeness (QED) is 0.0343. The first kappa shape index (κ1) is 66.4. The topological polar surface area (TPSA) is 78.9 Å². The molecule has 0 aromatic carbocycles. The van der Waals surface area contributed by atoms with Crippen molar-refractivity contribution in [2.24, 2.45) is 17.8 Å². The first-order valence-electron chi connectivity index (χ1n) is 30.6. The summed E-state index contributed by atoms with van der Waals surface area (Å²) >= 11 is 0. The summed E-state index contributed by atoms with van der Waals surface area (Å²) in [5.74, 6) is 1.71. The summed E-state index contributed by atoms with van der Waals surface area (Å²) in [7, 11) is 0. The van der Waals surface area contributed by atoms with Gasteiger partial charge in [-0.3, -0.25) is 14.4 Å². The van der Waals surface area contributed by atoms with Crippen molar-refractivity contribution in [1.82, 2.24) is 0 Å². The van der Waals surface area contributed by atoms with E-state index in [4.69, 9.17) is 14.2 Å². The van der Waals surface area contributed by atoms with Crippen LogP contribution in [0.2, 0.25) is 0 Å². The summed E-state index contributed by atoms with van der Waals surface area (Å²) in [5.41, 5.74) is 0. The molecular formula is C62H120O6. The molecule has 0 aliphatic rings. The predicted octanol–water partition coefficient (Wildman–Crippen LogP) is 20.3. The van der Waals surface area contributed by atoms with E-state index in [0.717, 1.165) is 75.5 Å². The maximum Gasteiger partial charge on any atom is 0.306 e. The normalized spacial score (nSPS) is 12.5. The zero-order valence-corrected chi connectivity index (χ0v) is 46.9. The van der Waals surface area contributed by atoms with Gasteiger partial charge in [0.25, 0.3) is 0 Å². The fourth-order valence-corrected chi connectivity index (χ4v) is 9.50. The summed E-state index contributed by atoms with van der Waals surface area (Å²) < 4.78 is 16.9. The average molecular weight is 962 g/mol. The highest BCUT2D eigenvalue weighted by molar-refractivity contribution is 5.71. The fourth-order valence-electron chi connectivity index (χ4n) is 9.50. The third-order valence-corrected chi connectivity index (χ3v) is 14.5. The zero-order valence-electron chi connectivity index (χ0n) is 46.9. The highest BCUT2D eigenvalue weighted by Gasteiger charge is 2.19. The van der Waals surface area contributed by atoms with Crippen molar-refractivity contribution in [3.8, 4) is 0 Å². The van der Waals surface area contributed by atoms with Crippen molar-refractivity contribution in [3.63, 3.8) is 0 Å². The maximum atomic E-state index is 12.8. The highest BCUT2D eigenvalue weighted by Crippen LogP contribution is 2.19. The van der Waals surface area contributed by atoms with Gasteiger partial charge in [0.05, 0.1) is 0 Å². The highest BCUT2D eigenvalue weighted by atomic mass is 16.6. The summed E-state index contributed by atoms with van der Waals surface area (Å²) in [6.45, 7) is 13.8. The molecule has 0 aromatic heterocycles. The van der Waals surface area contributed by atoms with Crippen LogP contribution in [-0.2, 0) is 28.6 Å². The molecule has 1 unspecified atom stereocenters. The van der Waals surface area contributed by atoms with Crippen LogP contribution in [0.15, 0.2) is 0 Å². The predicted molar refractivity (Wildman–Crippen MR) is 293 cm³/mol. The molecule has 0 radical (unpaired) electrons. The number of hydrogen-bond acceptors (Lipinski definition) is 6. The fraction of sp³-hybridized carbons (Fsp3) is 0.952. The minimum absolute atomic E-state index is 0.0636. The molecule has 6 heteroatoms. The van der Waals surface area contributed by atoms with E-state index in [-0.39, 0.29) is 31.1 Å². The standard InChI is InChI=1S/C62H120O6/c1-7-58(6)50-44-38-32-25-21-17-12-10-8-9-11-13-18-22-26-33-39-45-51-60(63)66-54-59(68-62(65)53-47-41-35-29-28-31-37-43-49-57(4)5)55-67-61(64)52-46-40-34-27-23-19-15-14-16-20-24-30-36-42-48-56(2)3/h56-59H,7-55H2,1-6H3/t58?,59-/m0/s1. The van der Waals surface area contributed by atoms with Crippen molar-refractivity contribution in [1.29, 1.82) is 0 Å². The van der Waals surface area contributed by atoms with Gasteiger partial charge >= 0.3 is 17.9 Å². The van der Waals surface area contributed by atoms with E-state index in [1.54, 1.807) is 0 Å². The van der Waals surface area contributed by atoms with E-state index in [2.05, 4.69) is 41.5 Å². The van der Waals surface area contributed by atoms with Gasteiger partial charge in [-0.1, -0.05) is 305 Å². The largest absolute Gasteiger partial charge is 0.462 e. The molecular weight excluding hydrogens is 841 g/mol. The second-order valence-electron chi connectivity index (χ2n) is 22.5. The van der Waals surface area contributed by atoms with Crippen LogP contribution >= 0.6 is 0 Å². The lowest BCUT2D eigenvalue weighted by atomic mass is 9.99. The summed E-state index contributed by atoms with van der Waals surface area (Å²) in [6, 6.07) is 0. The summed E-state index contributed by atoms with van der Waals surface area (Å²) in [4.78, 5) is 38.2. The first-order valence-corrected chi connectivity index (χ1v) is 30.6. The van der Waals surface area contributed by atoms with Gasteiger partial charge in [-0.15, -0.1) is 0 Å². The molecule has 0 fully saturated rings. The number of ether oxygens (including phenoxy) is 3. The molecule has 0 aliphatic heterocycles. The van der Waals surface area contributed by atoms with Crippen molar-refractivity contribution in [2.45, 2.75) is 349 Å². The molecule has 0 heterocycles. The van der Waals surface area contributed by atoms with Crippen LogP contribution in [-0.4, -0.2) is 37.2 Å². The second kappa shape index (κ2) is 53.2. The third-order valence-electron chi connectivity index (χ3n) is 14.5. The van der Waals surface area contributed by atoms with Gasteiger partial charge in [-0.2, -0.15) is 0 Å². The van der Waals surface area contributed by atoms with E-state index < -0.39 is 6.10 Å². The number of hydrogen-bond donors (Lipinski definition) is 0. The Bertz CT molecular complexity index is 1060. The zero-order chi connectivity index (χ0) is 49.8. The third kappa shape index (κ3) is 53.8. The van der Waals surface area contributed by atoms with Gasteiger partial charge in [0.15, 0.2) is 6.10 Å². The Labute approximate surface area is 425 Å². The van der Waals surface area contributed by atoms with Crippen LogP contribution in [0.1, 0.15) is 343 Å². The van der Waals surface area contributed by atoms with E-state index in [1.807, 2.05) is 0 Å². The van der Waals surface area contributed by atoms with Crippen molar-refractivity contribution >= 4 is 17.9 Å². The molecule has 404 valence electrons. The number of unbranched alkanes of at least 4 members (excludes halogenated alkanes) is 37. The van der Waals surface area contributed by atoms with Crippen LogP contribution in [0, 0.1) is 17.8 Å². The van der Waals surface area contributed by atoms with Crippen LogP contribution in [0.3, 0.4) is 0 Å². The molecule has 0 spiro atoms. The van der Waals surface area contributed by atoms with Gasteiger partial charge in [0, 0.05) is 19.3 Å². The van der Waals surface area contributed by atoms with E-state index in [9.17, 15) is 14.4 Å². The molecule has 0 bridgehead atoms. The first-order chi connectivity index (χ1) is 33.1. The Morgan fingerprint density at radius 1 is 0.294 bits per heavy atom. The SMILES string of the molecule is CCC(C)CCCCCCCCCCCCCCCCCCCCC(=O)OC[C@@H](COC(=O)CCCCCCCCCCCCCCCCC(C)C)OC(=O)CCCCCCCCCCC(C)C. The maximum absolute atomic E-state index is 12.8. The van der Waals surface area contributed by atoms with Crippen molar-refractivity contribution < 1.29 is 28.6 Å². The Balaban J connectivity index is 4.20. The molecule has 2 atom stereocenters. The van der Waals surface area contributed by atoms with Crippen LogP contribution in [0.25, 0.3) is 0 Å². The van der Waals surface area contributed by atoms with Crippen molar-refractivity contribution in [2.75, 3.05) is 13.2 Å². The lowest BCUT2D eigenvalue weighted by molar-refractivity contribution is -0.167. The molecule has 68 heavy (non-hydrogen) atoms. The molecule has 0 N–H and O–H groups in total. The van der Waals surface area contributed by atoms with E-state index in [0.29, 0.717) is 19.3 Å². The van der Waals surface area contributed by atoms with Crippen LogP contribution in [0.5, 0.6) is 0 Å². The summed E-state index contributed by atoms with van der Waals surface area (Å²) in [6.07, 6.45) is 56.8. The summed E-state index contributed by atoms with van der Waals surface area (Å²) in [5, 5.41) is 0. The lowest BCUT2D eigenvalue weighted by Gasteiger charge is -2.18. The molecule has 0 aliphatic carbocycles. The molecule has 0 aromatic rings. The molecule has 6 nitrogen and oxygen atoms in total. The monoisotopic (exact) mass is 961 g/mol. The van der Waals surface area contributed by atoms with E-state index >= 15 is 0 Å². The number of esters is 3. The lowest BCUT2D eigenvalue weighted by Crippen LogP contribution is -2.30. The Hall–Kier alpha value is -1.59. The van der Waals surface area contributed by atoms with Gasteiger partial charge in [-0.05, 0) is 37.0 Å². The number of carbonyl (C=O) groups excluding carboxylic acids is 3. The molecule has 0 saturated carbocycles. The van der Waals surface area contributed by atoms with Crippen LogP contribution < -0.4 is 0 Å². The average Bonchev–Trinajstić information content (AvgIpc) is 3.31. The minimum atomic E-state index is -0.764. The number of rotatable bonds is 55. The van der Waals surface area contributed by atoms with E-state index in [1.165, 1.54) is 225 Å². The smallest absolute Gasteiger partial charge is 0.306 e. The Kier molecular flexibility index (Phi) is 52.0. The van der Waals surface area contributed by atoms with Crippen molar-refractivity contribution in [3.05, 3.63) is 0 Å². The minimum Gasteiger partial charge on any atom is -0.462 e. The molecule has 0 amide bonds. The second-order valence-corrected chi connectivity index (χ2v) is 22.5. The Morgan fingerprint density at radius 2 is 0.515 bits per heavy atom. The van der Waals surface area contributed by atoms with Gasteiger partial charge in [0.2, 0.25) is 0 Å². The van der Waals surface area contributed by atoms with Crippen LogP contribution in [0.4, 0.5) is 0 Å². The molecule has 0 saturated heterocycles. The number of carbonyl (C=O) groups is 3.